The van der Waals surface area contributed by atoms with E-state index in [4.69, 9.17) is 9.47 Å². The molecule has 2 heteroatoms. The summed E-state index contributed by atoms with van der Waals surface area (Å²) < 4.78 is 11.5. The fourth-order valence-corrected chi connectivity index (χ4v) is 2.59. The van der Waals surface area contributed by atoms with Crippen molar-refractivity contribution in [2.24, 2.45) is 5.92 Å². The summed E-state index contributed by atoms with van der Waals surface area (Å²) in [6, 6.07) is 10.6. The molecule has 0 N–H and O–H groups in total. The standard InChI is InChI=1S/C13H16O2/c1-9-12-8-11(13(14-9)15-12)7-10-5-3-2-4-6-10/h2-6,9,11-13H,7-8H2,1H3/t9-,11-,12-,13+/m0/s1. The maximum Gasteiger partial charge on any atom is 0.161 e. The molecule has 0 aromatic heterocycles. The van der Waals surface area contributed by atoms with E-state index in [9.17, 15) is 0 Å². The zero-order valence-electron chi connectivity index (χ0n) is 8.93. The molecule has 2 heterocycles. The Kier molecular flexibility index (Phi) is 2.26. The SMILES string of the molecule is C[C@@H]1O[C@@H]2O[C@H]1C[C@@H]2Cc1ccccc1. The van der Waals surface area contributed by atoms with E-state index in [0.717, 1.165) is 12.8 Å². The molecular formula is C13H16O2. The third-order valence-corrected chi connectivity index (χ3v) is 3.44. The zero-order chi connectivity index (χ0) is 10.3. The smallest absolute Gasteiger partial charge is 0.161 e. The summed E-state index contributed by atoms with van der Waals surface area (Å²) in [7, 11) is 0. The molecule has 0 aliphatic carbocycles. The molecule has 0 spiro atoms. The molecule has 3 rings (SSSR count). The minimum absolute atomic E-state index is 0.0465. The summed E-state index contributed by atoms with van der Waals surface area (Å²) in [4.78, 5) is 0. The number of hydrogen-bond acceptors (Lipinski definition) is 2. The maximum absolute atomic E-state index is 5.75. The van der Waals surface area contributed by atoms with Crippen LogP contribution in [-0.4, -0.2) is 18.5 Å². The Bertz CT molecular complexity index is 334. The van der Waals surface area contributed by atoms with E-state index in [1.165, 1.54) is 5.56 Å². The molecule has 0 radical (unpaired) electrons. The number of rotatable bonds is 2. The van der Waals surface area contributed by atoms with Crippen LogP contribution >= 0.6 is 0 Å². The second-order valence-corrected chi connectivity index (χ2v) is 4.57. The van der Waals surface area contributed by atoms with Crippen LogP contribution in [0, 0.1) is 5.92 Å². The Labute approximate surface area is 90.2 Å². The predicted octanol–water partition coefficient (Wildman–Crippen LogP) is 2.38. The van der Waals surface area contributed by atoms with Gasteiger partial charge in [-0.3, -0.25) is 0 Å². The molecule has 15 heavy (non-hydrogen) atoms. The second kappa shape index (κ2) is 3.62. The number of hydrogen-bond donors (Lipinski definition) is 0. The highest BCUT2D eigenvalue weighted by molar-refractivity contribution is 5.16. The molecule has 1 aromatic rings. The van der Waals surface area contributed by atoms with E-state index in [-0.39, 0.29) is 6.29 Å². The second-order valence-electron chi connectivity index (χ2n) is 4.57. The average Bonchev–Trinajstić information content (AvgIpc) is 2.78. The topological polar surface area (TPSA) is 18.5 Å². The molecule has 1 aromatic carbocycles. The third-order valence-electron chi connectivity index (χ3n) is 3.44. The normalized spacial score (nSPS) is 38.5. The predicted molar refractivity (Wildman–Crippen MR) is 57.5 cm³/mol. The first-order valence-electron chi connectivity index (χ1n) is 5.68. The summed E-state index contributed by atoms with van der Waals surface area (Å²) >= 11 is 0. The lowest BCUT2D eigenvalue weighted by Crippen LogP contribution is -2.28. The van der Waals surface area contributed by atoms with Crippen LogP contribution in [0.2, 0.25) is 0 Å². The molecule has 0 saturated carbocycles. The Hall–Kier alpha value is -0.860. The molecule has 2 aliphatic heterocycles. The molecule has 2 nitrogen and oxygen atoms in total. The molecular weight excluding hydrogens is 188 g/mol. The van der Waals surface area contributed by atoms with Crippen LogP contribution in [0.4, 0.5) is 0 Å². The van der Waals surface area contributed by atoms with Gasteiger partial charge in [0.1, 0.15) is 0 Å². The van der Waals surface area contributed by atoms with Gasteiger partial charge in [0, 0.05) is 5.92 Å². The lowest BCUT2D eigenvalue weighted by molar-refractivity contribution is -0.0739. The lowest BCUT2D eigenvalue weighted by atomic mass is 9.92. The van der Waals surface area contributed by atoms with Gasteiger partial charge in [0.15, 0.2) is 6.29 Å². The van der Waals surface area contributed by atoms with Crippen LogP contribution in [0.5, 0.6) is 0 Å². The van der Waals surface area contributed by atoms with E-state index in [2.05, 4.69) is 37.3 Å². The van der Waals surface area contributed by atoms with E-state index < -0.39 is 0 Å². The quantitative estimate of drug-likeness (QED) is 0.736. The molecule has 80 valence electrons. The average molecular weight is 204 g/mol. The zero-order valence-corrected chi connectivity index (χ0v) is 8.93. The van der Waals surface area contributed by atoms with Crippen molar-refractivity contribution in [1.82, 2.24) is 0 Å². The van der Waals surface area contributed by atoms with Gasteiger partial charge in [-0.25, -0.2) is 0 Å². The van der Waals surface area contributed by atoms with Crippen molar-refractivity contribution in [1.29, 1.82) is 0 Å². The van der Waals surface area contributed by atoms with E-state index >= 15 is 0 Å². The van der Waals surface area contributed by atoms with Crippen LogP contribution in [0.1, 0.15) is 18.9 Å². The largest absolute Gasteiger partial charge is 0.347 e. The minimum Gasteiger partial charge on any atom is -0.347 e. The van der Waals surface area contributed by atoms with Crippen molar-refractivity contribution in [3.63, 3.8) is 0 Å². The van der Waals surface area contributed by atoms with Gasteiger partial charge in [0.25, 0.3) is 0 Å². The lowest BCUT2D eigenvalue weighted by Gasteiger charge is -2.22. The first-order valence-corrected chi connectivity index (χ1v) is 5.68. The summed E-state index contributed by atoms with van der Waals surface area (Å²) in [5.74, 6) is 0.550. The Balaban J connectivity index is 1.67. The highest BCUT2D eigenvalue weighted by atomic mass is 16.7. The van der Waals surface area contributed by atoms with Gasteiger partial charge < -0.3 is 9.47 Å². The fraction of sp³-hybridized carbons (Fsp3) is 0.538. The Morgan fingerprint density at radius 2 is 2.00 bits per heavy atom. The van der Waals surface area contributed by atoms with Gasteiger partial charge in [0.05, 0.1) is 12.2 Å². The summed E-state index contributed by atoms with van der Waals surface area (Å²) in [6.45, 7) is 2.10. The molecule has 2 fully saturated rings. The highest BCUT2D eigenvalue weighted by Crippen LogP contribution is 2.39. The molecule has 2 aliphatic rings. The molecule has 2 saturated heterocycles. The summed E-state index contributed by atoms with van der Waals surface area (Å²) in [6.07, 6.45) is 2.91. The van der Waals surface area contributed by atoms with Crippen LogP contribution in [0.25, 0.3) is 0 Å². The number of benzene rings is 1. The molecule has 0 amide bonds. The van der Waals surface area contributed by atoms with Crippen molar-refractivity contribution in [2.45, 2.75) is 38.3 Å². The van der Waals surface area contributed by atoms with Gasteiger partial charge in [0.2, 0.25) is 0 Å². The van der Waals surface area contributed by atoms with Crippen LogP contribution in [0.15, 0.2) is 30.3 Å². The third kappa shape index (κ3) is 1.68. The van der Waals surface area contributed by atoms with Crippen LogP contribution in [0.3, 0.4) is 0 Å². The van der Waals surface area contributed by atoms with Gasteiger partial charge >= 0.3 is 0 Å². The van der Waals surface area contributed by atoms with Crippen molar-refractivity contribution >= 4 is 0 Å². The van der Waals surface area contributed by atoms with E-state index in [1.807, 2.05) is 0 Å². The van der Waals surface area contributed by atoms with Crippen molar-refractivity contribution in [2.75, 3.05) is 0 Å². The van der Waals surface area contributed by atoms with Gasteiger partial charge in [-0.1, -0.05) is 30.3 Å². The Morgan fingerprint density at radius 3 is 2.60 bits per heavy atom. The monoisotopic (exact) mass is 204 g/mol. The molecule has 4 atom stereocenters. The maximum atomic E-state index is 5.75. The van der Waals surface area contributed by atoms with Gasteiger partial charge in [-0.15, -0.1) is 0 Å². The highest BCUT2D eigenvalue weighted by Gasteiger charge is 2.46. The van der Waals surface area contributed by atoms with Gasteiger partial charge in [-0.05, 0) is 25.3 Å². The van der Waals surface area contributed by atoms with E-state index in [1.54, 1.807) is 0 Å². The van der Waals surface area contributed by atoms with E-state index in [0.29, 0.717) is 18.1 Å². The van der Waals surface area contributed by atoms with Crippen molar-refractivity contribution in [3.8, 4) is 0 Å². The minimum atomic E-state index is 0.0465. The first-order chi connectivity index (χ1) is 7.33. The first kappa shape index (κ1) is 9.37. The summed E-state index contributed by atoms with van der Waals surface area (Å²) in [5, 5.41) is 0. The number of fused-ring (bicyclic) bond motifs is 2. The van der Waals surface area contributed by atoms with Crippen LogP contribution in [-0.2, 0) is 15.9 Å². The molecule has 2 bridgehead atoms. The van der Waals surface area contributed by atoms with Crippen molar-refractivity contribution in [3.05, 3.63) is 35.9 Å². The summed E-state index contributed by atoms with van der Waals surface area (Å²) in [5.41, 5.74) is 1.38. The van der Waals surface area contributed by atoms with Crippen molar-refractivity contribution < 1.29 is 9.47 Å². The number of ether oxygens (including phenoxy) is 2. The molecule has 0 unspecified atom stereocenters. The van der Waals surface area contributed by atoms with Crippen LogP contribution < -0.4 is 0 Å². The fourth-order valence-electron chi connectivity index (χ4n) is 2.59. The Morgan fingerprint density at radius 1 is 1.20 bits per heavy atom. The van der Waals surface area contributed by atoms with Gasteiger partial charge in [-0.2, -0.15) is 0 Å².